The summed E-state index contributed by atoms with van der Waals surface area (Å²) in [6, 6.07) is -0.424. The lowest BCUT2D eigenvalue weighted by Crippen LogP contribution is -2.53. The lowest BCUT2D eigenvalue weighted by atomic mass is 10.1. The van der Waals surface area contributed by atoms with Crippen LogP contribution in [0.2, 0.25) is 0 Å². The van der Waals surface area contributed by atoms with Gasteiger partial charge in [0.05, 0.1) is 6.04 Å². The van der Waals surface area contributed by atoms with Crippen molar-refractivity contribution >= 4 is 18.3 Å². The molecule has 0 radical (unpaired) electrons. The van der Waals surface area contributed by atoms with E-state index in [2.05, 4.69) is 9.64 Å². The number of carbonyl (C=O) groups excluding carboxylic acids is 1. The van der Waals surface area contributed by atoms with Gasteiger partial charge in [0.15, 0.2) is 0 Å². The van der Waals surface area contributed by atoms with Crippen molar-refractivity contribution in [1.82, 2.24) is 9.80 Å². The molecule has 1 aliphatic heterocycles. The quantitative estimate of drug-likeness (QED) is 0.668. The largest absolute Gasteiger partial charge is 0.411 e. The first-order valence-corrected chi connectivity index (χ1v) is 7.74. The zero-order chi connectivity index (χ0) is 16.6. The maximum Gasteiger partial charge on any atom is 0.411 e. The molecule has 9 heteroatoms. The molecule has 1 amide bonds. The predicted octanol–water partition coefficient (Wildman–Crippen LogP) is 1.65. The summed E-state index contributed by atoms with van der Waals surface area (Å²) >= 11 is 0. The molecule has 1 saturated heterocycles. The first kappa shape index (κ1) is 22.4. The molecule has 0 aromatic rings. The molecule has 1 aliphatic rings. The van der Waals surface area contributed by atoms with Gasteiger partial charge in [-0.05, 0) is 12.8 Å². The Bertz CT molecular complexity index is 338. The van der Waals surface area contributed by atoms with Gasteiger partial charge in [0.2, 0.25) is 5.91 Å². The first-order chi connectivity index (χ1) is 10.3. The highest BCUT2D eigenvalue weighted by Gasteiger charge is 2.27. The molecular weight excluding hydrogens is 335 g/mol. The molecule has 1 atom stereocenters. The number of rotatable bonds is 8. The number of nitrogens with two attached hydrogens (primary N) is 1. The fraction of sp³-hybridized carbons (Fsp3) is 0.929. The van der Waals surface area contributed by atoms with Gasteiger partial charge in [0, 0.05) is 39.3 Å². The Morgan fingerprint density at radius 1 is 1.26 bits per heavy atom. The molecule has 5 nitrogen and oxygen atoms in total. The maximum atomic E-state index is 12.0. The zero-order valence-corrected chi connectivity index (χ0v) is 14.3. The predicted molar refractivity (Wildman–Crippen MR) is 84.6 cm³/mol. The molecule has 0 bridgehead atoms. The average molecular weight is 362 g/mol. The summed E-state index contributed by atoms with van der Waals surface area (Å²) in [5.41, 5.74) is 5.83. The second-order valence-corrected chi connectivity index (χ2v) is 5.58. The van der Waals surface area contributed by atoms with Crippen LogP contribution in [0.3, 0.4) is 0 Å². The van der Waals surface area contributed by atoms with E-state index >= 15 is 0 Å². The average Bonchev–Trinajstić information content (AvgIpc) is 2.46. The molecule has 1 heterocycles. The summed E-state index contributed by atoms with van der Waals surface area (Å²) in [7, 11) is 0. The van der Waals surface area contributed by atoms with Gasteiger partial charge < -0.3 is 15.4 Å². The number of halogens is 4. The van der Waals surface area contributed by atoms with Crippen LogP contribution in [0.15, 0.2) is 0 Å². The Labute approximate surface area is 141 Å². The van der Waals surface area contributed by atoms with Gasteiger partial charge in [-0.3, -0.25) is 9.69 Å². The van der Waals surface area contributed by atoms with Crippen molar-refractivity contribution in [2.75, 3.05) is 45.9 Å². The zero-order valence-electron chi connectivity index (χ0n) is 13.5. The maximum absolute atomic E-state index is 12.0. The van der Waals surface area contributed by atoms with E-state index < -0.39 is 18.8 Å². The van der Waals surface area contributed by atoms with Crippen molar-refractivity contribution in [3.63, 3.8) is 0 Å². The van der Waals surface area contributed by atoms with E-state index in [4.69, 9.17) is 5.73 Å². The minimum Gasteiger partial charge on any atom is -0.372 e. The Kier molecular flexibility index (Phi) is 10.8. The van der Waals surface area contributed by atoms with Gasteiger partial charge >= 0.3 is 6.18 Å². The third-order valence-electron chi connectivity index (χ3n) is 3.63. The monoisotopic (exact) mass is 361 g/mol. The first-order valence-electron chi connectivity index (χ1n) is 7.74. The van der Waals surface area contributed by atoms with Gasteiger partial charge in [0.1, 0.15) is 6.61 Å². The Morgan fingerprint density at radius 2 is 1.87 bits per heavy atom. The SMILES string of the molecule is CCCC(N)C(=O)N1CCN(CCCOCC(F)(F)F)CC1.Cl. The van der Waals surface area contributed by atoms with Crippen molar-refractivity contribution in [2.24, 2.45) is 5.73 Å². The molecular formula is C14H27ClF3N3O2. The molecule has 23 heavy (non-hydrogen) atoms. The molecule has 1 rings (SSSR count). The molecule has 2 N–H and O–H groups in total. The van der Waals surface area contributed by atoms with Crippen molar-refractivity contribution in [1.29, 1.82) is 0 Å². The van der Waals surface area contributed by atoms with Crippen LogP contribution in [-0.4, -0.2) is 73.9 Å². The van der Waals surface area contributed by atoms with Crippen LogP contribution in [0.4, 0.5) is 13.2 Å². The van der Waals surface area contributed by atoms with Gasteiger partial charge in [0.25, 0.3) is 0 Å². The lowest BCUT2D eigenvalue weighted by molar-refractivity contribution is -0.174. The minimum atomic E-state index is -4.26. The van der Waals surface area contributed by atoms with E-state index in [-0.39, 0.29) is 24.9 Å². The molecule has 138 valence electrons. The Hall–Kier alpha value is -0.570. The number of amides is 1. The van der Waals surface area contributed by atoms with Gasteiger partial charge in [-0.15, -0.1) is 12.4 Å². The highest BCUT2D eigenvalue weighted by Crippen LogP contribution is 2.14. The van der Waals surface area contributed by atoms with Crippen LogP contribution >= 0.6 is 12.4 Å². The van der Waals surface area contributed by atoms with Gasteiger partial charge in [-0.1, -0.05) is 13.3 Å². The smallest absolute Gasteiger partial charge is 0.372 e. The van der Waals surface area contributed by atoms with Crippen molar-refractivity contribution < 1.29 is 22.7 Å². The summed E-state index contributed by atoms with van der Waals surface area (Å²) in [6.45, 7) is 4.28. The number of nitrogens with zero attached hydrogens (tertiary/aromatic N) is 2. The minimum absolute atomic E-state index is 0. The van der Waals surface area contributed by atoms with E-state index in [1.54, 1.807) is 4.90 Å². The van der Waals surface area contributed by atoms with E-state index in [0.29, 0.717) is 32.5 Å². The van der Waals surface area contributed by atoms with Crippen molar-refractivity contribution in [3.8, 4) is 0 Å². The number of hydrogen-bond donors (Lipinski definition) is 1. The number of ether oxygens (including phenoxy) is 1. The van der Waals surface area contributed by atoms with Gasteiger partial charge in [-0.25, -0.2) is 0 Å². The van der Waals surface area contributed by atoms with E-state index in [1.807, 2.05) is 6.92 Å². The van der Waals surface area contributed by atoms with Crippen molar-refractivity contribution in [2.45, 2.75) is 38.4 Å². The second kappa shape index (κ2) is 11.1. The summed E-state index contributed by atoms with van der Waals surface area (Å²) in [5.74, 6) is -0.00462. The number of hydrogen-bond acceptors (Lipinski definition) is 4. The molecule has 0 aliphatic carbocycles. The molecule has 0 spiro atoms. The summed E-state index contributed by atoms with van der Waals surface area (Å²) < 4.78 is 40.3. The lowest BCUT2D eigenvalue weighted by Gasteiger charge is -2.35. The number of piperazine rings is 1. The summed E-state index contributed by atoms with van der Waals surface area (Å²) in [6.07, 6.45) is -2.14. The highest BCUT2D eigenvalue weighted by molar-refractivity contribution is 5.85. The fourth-order valence-corrected chi connectivity index (χ4v) is 2.44. The van der Waals surface area contributed by atoms with E-state index in [9.17, 15) is 18.0 Å². The third kappa shape index (κ3) is 9.34. The Balaban J connectivity index is 0.00000484. The van der Waals surface area contributed by atoms with Crippen LogP contribution in [0.5, 0.6) is 0 Å². The molecule has 0 saturated carbocycles. The van der Waals surface area contributed by atoms with Crippen LogP contribution in [0, 0.1) is 0 Å². The number of alkyl halides is 3. The van der Waals surface area contributed by atoms with Crippen LogP contribution in [0.25, 0.3) is 0 Å². The van der Waals surface area contributed by atoms with Crippen molar-refractivity contribution in [3.05, 3.63) is 0 Å². The molecule has 0 aromatic carbocycles. The van der Waals surface area contributed by atoms with Gasteiger partial charge in [-0.2, -0.15) is 13.2 Å². The normalized spacial score (nSPS) is 17.7. The van der Waals surface area contributed by atoms with Crippen LogP contribution in [-0.2, 0) is 9.53 Å². The van der Waals surface area contributed by atoms with Crippen LogP contribution < -0.4 is 5.73 Å². The summed E-state index contributed by atoms with van der Waals surface area (Å²) in [5, 5.41) is 0. The molecule has 0 aromatic heterocycles. The third-order valence-corrected chi connectivity index (χ3v) is 3.63. The van der Waals surface area contributed by atoms with Crippen LogP contribution in [0.1, 0.15) is 26.2 Å². The standard InChI is InChI=1S/C14H26F3N3O2.ClH/c1-2-4-12(18)13(21)20-8-6-19(7-9-20)5-3-10-22-11-14(15,16)17;/h12H,2-11,18H2,1H3;1H. The molecule has 1 unspecified atom stereocenters. The topological polar surface area (TPSA) is 58.8 Å². The highest BCUT2D eigenvalue weighted by atomic mass is 35.5. The molecule has 1 fully saturated rings. The fourth-order valence-electron chi connectivity index (χ4n) is 2.44. The summed E-state index contributed by atoms with van der Waals surface area (Å²) in [4.78, 5) is 15.9. The Morgan fingerprint density at radius 3 is 2.39 bits per heavy atom. The number of carbonyl (C=O) groups is 1. The van der Waals surface area contributed by atoms with E-state index in [1.165, 1.54) is 0 Å². The second-order valence-electron chi connectivity index (χ2n) is 5.58. The van der Waals surface area contributed by atoms with E-state index in [0.717, 1.165) is 19.5 Å².